The van der Waals surface area contributed by atoms with Crippen LogP contribution in [0.3, 0.4) is 0 Å². The molecule has 0 saturated carbocycles. The van der Waals surface area contributed by atoms with Gasteiger partial charge in [0.25, 0.3) is 0 Å². The third kappa shape index (κ3) is 2.53. The molecular formula is C14H14Cl2N4. The van der Waals surface area contributed by atoms with Crippen molar-refractivity contribution in [2.75, 3.05) is 0 Å². The second-order valence-electron chi connectivity index (χ2n) is 4.68. The Hall–Kier alpha value is -1.52. The minimum Gasteiger partial charge on any atom is -0.327 e. The summed E-state index contributed by atoms with van der Waals surface area (Å²) in [7, 11) is 1.92. The first-order valence-corrected chi connectivity index (χ1v) is 7.28. The van der Waals surface area contributed by atoms with Crippen molar-refractivity contribution in [1.82, 2.24) is 19.3 Å². The highest BCUT2D eigenvalue weighted by molar-refractivity contribution is 6.31. The molecule has 0 bridgehead atoms. The number of imidazole rings is 1. The van der Waals surface area contributed by atoms with Crippen molar-refractivity contribution in [3.8, 4) is 0 Å². The summed E-state index contributed by atoms with van der Waals surface area (Å²) >= 11 is 12.0. The van der Waals surface area contributed by atoms with Crippen molar-refractivity contribution < 1.29 is 0 Å². The highest BCUT2D eigenvalue weighted by Gasteiger charge is 2.10. The molecule has 3 aromatic rings. The zero-order valence-corrected chi connectivity index (χ0v) is 12.6. The second-order valence-corrected chi connectivity index (χ2v) is 5.38. The van der Waals surface area contributed by atoms with E-state index in [1.165, 1.54) is 0 Å². The van der Waals surface area contributed by atoms with E-state index < -0.39 is 0 Å². The Morgan fingerprint density at radius 1 is 1.25 bits per heavy atom. The van der Waals surface area contributed by atoms with E-state index in [-0.39, 0.29) is 0 Å². The van der Waals surface area contributed by atoms with Crippen molar-refractivity contribution in [1.29, 1.82) is 0 Å². The van der Waals surface area contributed by atoms with Gasteiger partial charge in [-0.3, -0.25) is 4.68 Å². The molecule has 0 atom stereocenters. The van der Waals surface area contributed by atoms with E-state index in [9.17, 15) is 0 Å². The number of benzene rings is 1. The van der Waals surface area contributed by atoms with Gasteiger partial charge in [-0.25, -0.2) is 4.98 Å². The van der Waals surface area contributed by atoms with Crippen molar-refractivity contribution in [2.24, 2.45) is 7.05 Å². The Kier molecular flexibility index (Phi) is 3.68. The monoisotopic (exact) mass is 308 g/mol. The Labute approximate surface area is 126 Å². The fourth-order valence-corrected chi connectivity index (χ4v) is 2.70. The molecule has 4 nitrogen and oxygen atoms in total. The van der Waals surface area contributed by atoms with Crippen LogP contribution < -0.4 is 0 Å². The van der Waals surface area contributed by atoms with Gasteiger partial charge in [0.2, 0.25) is 0 Å². The number of hydrogen-bond donors (Lipinski definition) is 0. The van der Waals surface area contributed by atoms with Crippen LogP contribution in [0, 0.1) is 0 Å². The number of fused-ring (bicyclic) bond motifs is 1. The van der Waals surface area contributed by atoms with E-state index in [2.05, 4.69) is 14.6 Å². The number of hydrogen-bond acceptors (Lipinski definition) is 2. The lowest BCUT2D eigenvalue weighted by molar-refractivity contribution is 0.660. The number of aromatic nitrogens is 4. The van der Waals surface area contributed by atoms with Gasteiger partial charge in [-0.2, -0.15) is 5.10 Å². The third-order valence-electron chi connectivity index (χ3n) is 3.27. The van der Waals surface area contributed by atoms with Gasteiger partial charge in [0, 0.05) is 31.2 Å². The molecular weight excluding hydrogens is 295 g/mol. The summed E-state index contributed by atoms with van der Waals surface area (Å²) in [6, 6.07) is 7.75. The van der Waals surface area contributed by atoms with E-state index in [4.69, 9.17) is 23.2 Å². The maximum absolute atomic E-state index is 6.00. The minimum atomic E-state index is 0.383. The fraction of sp³-hybridized carbons (Fsp3) is 0.286. The molecule has 0 amide bonds. The van der Waals surface area contributed by atoms with Gasteiger partial charge in [0.1, 0.15) is 5.82 Å². The summed E-state index contributed by atoms with van der Waals surface area (Å²) in [5.41, 5.74) is 3.00. The van der Waals surface area contributed by atoms with Crippen LogP contribution in [-0.2, 0) is 25.9 Å². The summed E-state index contributed by atoms with van der Waals surface area (Å²) in [6.45, 7) is 0.803. The molecule has 1 aromatic carbocycles. The molecule has 2 aromatic heterocycles. The summed E-state index contributed by atoms with van der Waals surface area (Å²) in [6.07, 6.45) is 2.79. The van der Waals surface area contributed by atoms with Crippen molar-refractivity contribution in [3.05, 3.63) is 47.0 Å². The van der Waals surface area contributed by atoms with Gasteiger partial charge in [-0.05, 0) is 24.3 Å². The molecule has 2 heterocycles. The first-order chi connectivity index (χ1) is 9.67. The highest BCUT2D eigenvalue weighted by atomic mass is 35.5. The molecule has 0 fully saturated rings. The molecule has 6 heteroatoms. The van der Waals surface area contributed by atoms with Crippen LogP contribution in [0.25, 0.3) is 11.0 Å². The Morgan fingerprint density at radius 3 is 2.80 bits per heavy atom. The molecule has 0 unspecified atom stereocenters. The topological polar surface area (TPSA) is 35.6 Å². The zero-order valence-electron chi connectivity index (χ0n) is 11.1. The van der Waals surface area contributed by atoms with Crippen LogP contribution in [0.1, 0.15) is 11.5 Å². The maximum Gasteiger partial charge on any atom is 0.124 e. The van der Waals surface area contributed by atoms with Crippen molar-refractivity contribution >= 4 is 34.2 Å². The molecule has 20 heavy (non-hydrogen) atoms. The first kappa shape index (κ1) is 13.5. The van der Waals surface area contributed by atoms with Gasteiger partial charge >= 0.3 is 0 Å². The van der Waals surface area contributed by atoms with E-state index >= 15 is 0 Å². The van der Waals surface area contributed by atoms with Crippen molar-refractivity contribution in [2.45, 2.75) is 18.8 Å². The standard InChI is InChI=1S/C14H14Cl2N4/c1-19-6-4-11(18-19)5-7-20-13-3-2-10(16)8-12(13)17-14(20)9-15/h2-4,6,8H,5,7,9H2,1H3. The molecule has 3 rings (SSSR count). The molecule has 0 aliphatic heterocycles. The van der Waals surface area contributed by atoms with Crippen LogP contribution in [-0.4, -0.2) is 19.3 Å². The molecule has 0 saturated heterocycles. The predicted molar refractivity (Wildman–Crippen MR) is 81.2 cm³/mol. The van der Waals surface area contributed by atoms with E-state index in [0.717, 1.165) is 35.5 Å². The quantitative estimate of drug-likeness (QED) is 0.692. The number of nitrogens with zero attached hydrogens (tertiary/aromatic N) is 4. The Balaban J connectivity index is 1.93. The average Bonchev–Trinajstić information content (AvgIpc) is 2.99. The van der Waals surface area contributed by atoms with Crippen molar-refractivity contribution in [3.63, 3.8) is 0 Å². The minimum absolute atomic E-state index is 0.383. The molecule has 0 spiro atoms. The number of aryl methyl sites for hydroxylation is 3. The van der Waals surface area contributed by atoms with E-state index in [0.29, 0.717) is 10.9 Å². The third-order valence-corrected chi connectivity index (χ3v) is 3.74. The number of rotatable bonds is 4. The molecule has 0 aliphatic rings. The molecule has 0 N–H and O–H groups in total. The van der Waals surface area contributed by atoms with E-state index in [1.54, 1.807) is 0 Å². The summed E-state index contributed by atoms with van der Waals surface area (Å²) in [5.74, 6) is 1.24. The lowest BCUT2D eigenvalue weighted by atomic mass is 10.3. The Bertz CT molecular complexity index is 745. The Morgan fingerprint density at radius 2 is 2.10 bits per heavy atom. The number of halogens is 2. The van der Waals surface area contributed by atoms with Gasteiger partial charge in [-0.15, -0.1) is 11.6 Å². The average molecular weight is 309 g/mol. The van der Waals surface area contributed by atoms with Crippen LogP contribution in [0.2, 0.25) is 5.02 Å². The van der Waals surface area contributed by atoms with Crippen LogP contribution >= 0.6 is 23.2 Å². The smallest absolute Gasteiger partial charge is 0.124 e. The second kappa shape index (κ2) is 5.46. The largest absolute Gasteiger partial charge is 0.327 e. The van der Waals surface area contributed by atoms with E-state index in [1.807, 2.05) is 42.2 Å². The SMILES string of the molecule is Cn1ccc(CCn2c(CCl)nc3cc(Cl)ccc32)n1. The maximum atomic E-state index is 6.00. The summed E-state index contributed by atoms with van der Waals surface area (Å²) in [5, 5.41) is 5.08. The molecule has 0 radical (unpaired) electrons. The predicted octanol–water partition coefficient (Wildman–Crippen LogP) is 3.40. The van der Waals surface area contributed by atoms with Gasteiger partial charge in [-0.1, -0.05) is 11.6 Å². The van der Waals surface area contributed by atoms with Crippen LogP contribution in [0.4, 0.5) is 0 Å². The first-order valence-electron chi connectivity index (χ1n) is 6.36. The van der Waals surface area contributed by atoms with Gasteiger partial charge in [0.15, 0.2) is 0 Å². The fourth-order valence-electron chi connectivity index (χ4n) is 2.33. The summed E-state index contributed by atoms with van der Waals surface area (Å²) < 4.78 is 3.94. The molecule has 0 aliphatic carbocycles. The molecule has 104 valence electrons. The normalized spacial score (nSPS) is 11.3. The zero-order chi connectivity index (χ0) is 14.1. The van der Waals surface area contributed by atoms with Gasteiger partial charge < -0.3 is 4.57 Å². The summed E-state index contributed by atoms with van der Waals surface area (Å²) in [4.78, 5) is 4.53. The van der Waals surface area contributed by atoms with Crippen LogP contribution in [0.5, 0.6) is 0 Å². The van der Waals surface area contributed by atoms with Crippen LogP contribution in [0.15, 0.2) is 30.5 Å². The lowest BCUT2D eigenvalue weighted by Gasteiger charge is -2.06. The number of alkyl halides is 1. The highest BCUT2D eigenvalue weighted by Crippen LogP contribution is 2.22. The van der Waals surface area contributed by atoms with Gasteiger partial charge in [0.05, 0.1) is 22.6 Å². The lowest BCUT2D eigenvalue weighted by Crippen LogP contribution is -2.05.